The van der Waals surface area contributed by atoms with Crippen LogP contribution in [0.1, 0.15) is 52.9 Å². The van der Waals surface area contributed by atoms with Crippen molar-refractivity contribution in [1.29, 1.82) is 0 Å². The van der Waals surface area contributed by atoms with Crippen molar-refractivity contribution < 1.29 is 9.53 Å². The van der Waals surface area contributed by atoms with E-state index in [4.69, 9.17) is 4.74 Å². The first-order chi connectivity index (χ1) is 7.42. The van der Waals surface area contributed by atoms with Crippen molar-refractivity contribution in [3.63, 3.8) is 0 Å². The van der Waals surface area contributed by atoms with E-state index >= 15 is 0 Å². The number of carbonyl (C=O) groups excluding carboxylic acids is 1. The summed E-state index contributed by atoms with van der Waals surface area (Å²) in [5.74, 6) is 1.09. The highest BCUT2D eigenvalue weighted by molar-refractivity contribution is 5.95. The molecule has 3 aliphatic rings. The van der Waals surface area contributed by atoms with Gasteiger partial charge in [0.15, 0.2) is 5.78 Å². The lowest BCUT2D eigenvalue weighted by molar-refractivity contribution is -0.177. The summed E-state index contributed by atoms with van der Waals surface area (Å²) in [6, 6.07) is 0. The standard InChI is InChI=1S/C14H22O2/c1-12(2)10-5-7-13(3,9-10)11(15)14(12)6-4-8-16-14/h10H,4-9H2,1-3H3/t10-,13+,14-/m1/s1. The van der Waals surface area contributed by atoms with E-state index in [1.54, 1.807) is 0 Å². The van der Waals surface area contributed by atoms with Gasteiger partial charge in [0, 0.05) is 17.4 Å². The van der Waals surface area contributed by atoms with Crippen LogP contribution >= 0.6 is 0 Å². The number of rotatable bonds is 0. The number of Topliss-reactive ketones (excluding diaryl/α,β-unsaturated/α-hetero) is 1. The van der Waals surface area contributed by atoms with E-state index in [2.05, 4.69) is 20.8 Å². The molecule has 1 saturated heterocycles. The van der Waals surface area contributed by atoms with Crippen LogP contribution in [0.4, 0.5) is 0 Å². The molecule has 0 N–H and O–H groups in total. The Bertz CT molecular complexity index is 339. The van der Waals surface area contributed by atoms with Crippen LogP contribution in [0.25, 0.3) is 0 Å². The van der Waals surface area contributed by atoms with Gasteiger partial charge in [0.2, 0.25) is 0 Å². The van der Waals surface area contributed by atoms with Gasteiger partial charge >= 0.3 is 0 Å². The first kappa shape index (κ1) is 10.8. The number of ketones is 1. The van der Waals surface area contributed by atoms with Crippen LogP contribution in [-0.4, -0.2) is 18.0 Å². The van der Waals surface area contributed by atoms with Crippen molar-refractivity contribution >= 4 is 5.78 Å². The second-order valence-electron chi connectivity index (χ2n) is 6.83. The molecular formula is C14H22O2. The largest absolute Gasteiger partial charge is 0.367 e. The topological polar surface area (TPSA) is 26.3 Å². The summed E-state index contributed by atoms with van der Waals surface area (Å²) < 4.78 is 6.01. The third-order valence-corrected chi connectivity index (χ3v) is 5.74. The van der Waals surface area contributed by atoms with E-state index < -0.39 is 5.60 Å². The zero-order valence-corrected chi connectivity index (χ0v) is 10.6. The lowest BCUT2D eigenvalue weighted by atomic mass is 9.55. The molecule has 1 aliphatic heterocycles. The van der Waals surface area contributed by atoms with Crippen LogP contribution in [0.2, 0.25) is 0 Å². The van der Waals surface area contributed by atoms with Gasteiger partial charge in [0.1, 0.15) is 5.60 Å². The zero-order valence-electron chi connectivity index (χ0n) is 10.6. The third-order valence-electron chi connectivity index (χ3n) is 5.74. The number of fused-ring (bicyclic) bond motifs is 2. The van der Waals surface area contributed by atoms with Gasteiger partial charge in [-0.1, -0.05) is 20.8 Å². The van der Waals surface area contributed by atoms with Crippen molar-refractivity contribution in [2.45, 2.75) is 58.5 Å². The van der Waals surface area contributed by atoms with E-state index in [1.807, 2.05) is 0 Å². The zero-order chi connectivity index (χ0) is 11.6. The molecule has 0 aromatic carbocycles. The number of carbonyl (C=O) groups is 1. The van der Waals surface area contributed by atoms with E-state index in [1.165, 1.54) is 6.42 Å². The molecule has 1 spiro atoms. The molecule has 3 fully saturated rings. The van der Waals surface area contributed by atoms with Gasteiger partial charge in [0.25, 0.3) is 0 Å². The summed E-state index contributed by atoms with van der Waals surface area (Å²) in [5, 5.41) is 0. The van der Waals surface area contributed by atoms with Crippen molar-refractivity contribution in [3.05, 3.63) is 0 Å². The van der Waals surface area contributed by atoms with Crippen LogP contribution in [0, 0.1) is 16.7 Å². The van der Waals surface area contributed by atoms with Crippen molar-refractivity contribution in [1.82, 2.24) is 0 Å². The highest BCUT2D eigenvalue weighted by Gasteiger charge is 2.67. The molecule has 3 rings (SSSR count). The summed E-state index contributed by atoms with van der Waals surface area (Å²) in [7, 11) is 0. The van der Waals surface area contributed by atoms with Crippen molar-refractivity contribution in [2.24, 2.45) is 16.7 Å². The summed E-state index contributed by atoms with van der Waals surface area (Å²) in [6.07, 6.45) is 5.37. The smallest absolute Gasteiger partial charge is 0.171 e. The fourth-order valence-electron chi connectivity index (χ4n) is 4.50. The minimum absolute atomic E-state index is 0.0383. The molecule has 0 radical (unpaired) electrons. The van der Waals surface area contributed by atoms with Crippen LogP contribution < -0.4 is 0 Å². The second kappa shape index (κ2) is 2.90. The Balaban J connectivity index is 2.11. The molecule has 3 atom stereocenters. The number of hydrogen-bond donors (Lipinski definition) is 0. The average molecular weight is 222 g/mol. The summed E-state index contributed by atoms with van der Waals surface area (Å²) in [4.78, 5) is 12.8. The monoisotopic (exact) mass is 222 g/mol. The highest BCUT2D eigenvalue weighted by atomic mass is 16.5. The summed E-state index contributed by atoms with van der Waals surface area (Å²) in [6.45, 7) is 7.45. The summed E-state index contributed by atoms with van der Waals surface area (Å²) in [5.41, 5.74) is -0.484. The Hall–Kier alpha value is -0.370. The molecule has 2 bridgehead atoms. The Kier molecular flexibility index (Phi) is 1.95. The van der Waals surface area contributed by atoms with Gasteiger partial charge in [-0.05, 0) is 38.0 Å². The fourth-order valence-corrected chi connectivity index (χ4v) is 4.50. The van der Waals surface area contributed by atoms with Gasteiger partial charge < -0.3 is 4.74 Å². The Labute approximate surface area is 97.7 Å². The average Bonchev–Trinajstić information content (AvgIpc) is 2.82. The SMILES string of the molecule is CC1(C)[C@@H]2CC[C@@](C)(C2)C(=O)[C@]12CCCO2. The summed E-state index contributed by atoms with van der Waals surface area (Å²) >= 11 is 0. The minimum Gasteiger partial charge on any atom is -0.367 e. The molecule has 90 valence electrons. The molecular weight excluding hydrogens is 200 g/mol. The fraction of sp³-hybridized carbons (Fsp3) is 0.929. The van der Waals surface area contributed by atoms with Crippen LogP contribution in [0.15, 0.2) is 0 Å². The lowest BCUT2D eigenvalue weighted by Gasteiger charge is -2.52. The number of ether oxygens (including phenoxy) is 1. The maximum absolute atomic E-state index is 12.8. The van der Waals surface area contributed by atoms with E-state index in [0.717, 1.165) is 32.3 Å². The Morgan fingerprint density at radius 3 is 2.62 bits per heavy atom. The number of hydrogen-bond acceptors (Lipinski definition) is 2. The molecule has 2 heteroatoms. The molecule has 1 heterocycles. The molecule has 0 amide bonds. The third kappa shape index (κ3) is 1.000. The van der Waals surface area contributed by atoms with Crippen molar-refractivity contribution in [2.75, 3.05) is 6.61 Å². The quantitative estimate of drug-likeness (QED) is 0.630. The van der Waals surface area contributed by atoms with Crippen LogP contribution in [-0.2, 0) is 9.53 Å². The lowest BCUT2D eigenvalue weighted by Crippen LogP contribution is -2.60. The normalized spacial score (nSPS) is 50.2. The van der Waals surface area contributed by atoms with E-state index in [0.29, 0.717) is 11.7 Å². The Morgan fingerprint density at radius 2 is 2.00 bits per heavy atom. The molecule has 0 aromatic rings. The van der Waals surface area contributed by atoms with Crippen LogP contribution in [0.5, 0.6) is 0 Å². The molecule has 2 aliphatic carbocycles. The van der Waals surface area contributed by atoms with Gasteiger partial charge in [-0.25, -0.2) is 0 Å². The van der Waals surface area contributed by atoms with Gasteiger partial charge in [-0.2, -0.15) is 0 Å². The van der Waals surface area contributed by atoms with Crippen LogP contribution in [0.3, 0.4) is 0 Å². The highest BCUT2D eigenvalue weighted by Crippen LogP contribution is 2.63. The predicted octanol–water partition coefficient (Wildman–Crippen LogP) is 2.95. The molecule has 2 saturated carbocycles. The van der Waals surface area contributed by atoms with Gasteiger partial charge in [-0.15, -0.1) is 0 Å². The minimum atomic E-state index is -0.443. The molecule has 0 aromatic heterocycles. The molecule has 2 nitrogen and oxygen atoms in total. The second-order valence-corrected chi connectivity index (χ2v) is 6.83. The molecule has 0 unspecified atom stereocenters. The maximum atomic E-state index is 12.8. The van der Waals surface area contributed by atoms with Gasteiger partial charge in [0.05, 0.1) is 0 Å². The maximum Gasteiger partial charge on any atom is 0.171 e. The first-order valence-electron chi connectivity index (χ1n) is 6.61. The van der Waals surface area contributed by atoms with E-state index in [-0.39, 0.29) is 10.8 Å². The predicted molar refractivity (Wildman–Crippen MR) is 62.2 cm³/mol. The van der Waals surface area contributed by atoms with E-state index in [9.17, 15) is 4.79 Å². The Morgan fingerprint density at radius 1 is 1.25 bits per heavy atom. The van der Waals surface area contributed by atoms with Crippen molar-refractivity contribution in [3.8, 4) is 0 Å². The molecule has 16 heavy (non-hydrogen) atoms. The van der Waals surface area contributed by atoms with Gasteiger partial charge in [-0.3, -0.25) is 4.79 Å². The first-order valence-corrected chi connectivity index (χ1v) is 6.61.